The molecule has 0 spiro atoms. The Kier molecular flexibility index (Phi) is 5.07. The third-order valence-corrected chi connectivity index (χ3v) is 4.21. The highest BCUT2D eigenvalue weighted by Crippen LogP contribution is 2.29. The number of nitrogens with zero attached hydrogens (tertiary/aromatic N) is 1. The average molecular weight is 292 g/mol. The highest BCUT2D eigenvalue weighted by Gasteiger charge is 2.30. The lowest BCUT2D eigenvalue weighted by Crippen LogP contribution is -2.47. The zero-order valence-corrected chi connectivity index (χ0v) is 13.0. The fourth-order valence-corrected chi connectivity index (χ4v) is 2.79. The fraction of sp³-hybridized carbons (Fsp3) is 0.562. The van der Waals surface area contributed by atoms with Crippen LogP contribution in [0.2, 0.25) is 0 Å². The number of rotatable bonds is 4. The Morgan fingerprint density at radius 3 is 2.71 bits per heavy atom. The van der Waals surface area contributed by atoms with Gasteiger partial charge in [0.05, 0.1) is 19.8 Å². The van der Waals surface area contributed by atoms with Crippen molar-refractivity contribution in [1.82, 2.24) is 4.90 Å². The molecule has 21 heavy (non-hydrogen) atoms. The molecule has 116 valence electrons. The van der Waals surface area contributed by atoms with Crippen LogP contribution in [0, 0.1) is 5.92 Å². The number of hydrogen-bond donors (Lipinski definition) is 1. The monoisotopic (exact) mass is 292 g/mol. The molecule has 1 fully saturated rings. The van der Waals surface area contributed by atoms with Gasteiger partial charge in [0.1, 0.15) is 11.5 Å². The highest BCUT2D eigenvalue weighted by molar-refractivity contribution is 5.97. The lowest BCUT2D eigenvalue weighted by Gasteiger charge is -2.38. The number of amides is 1. The molecule has 1 aliphatic rings. The second kappa shape index (κ2) is 6.80. The van der Waals surface area contributed by atoms with E-state index in [0.29, 0.717) is 36.1 Å². The Hall–Kier alpha value is -1.75. The molecule has 2 atom stereocenters. The lowest BCUT2D eigenvalue weighted by atomic mass is 9.93. The topological polar surface area (TPSA) is 64.8 Å². The molecule has 0 saturated carbocycles. The Balaban J connectivity index is 2.29. The van der Waals surface area contributed by atoms with E-state index in [4.69, 9.17) is 15.2 Å². The molecule has 2 rings (SSSR count). The minimum Gasteiger partial charge on any atom is -0.497 e. The zero-order chi connectivity index (χ0) is 15.4. The number of piperidine rings is 1. The molecule has 5 nitrogen and oxygen atoms in total. The van der Waals surface area contributed by atoms with Gasteiger partial charge in [0.25, 0.3) is 5.91 Å². The van der Waals surface area contributed by atoms with E-state index in [9.17, 15) is 4.79 Å². The molecule has 0 aromatic heterocycles. The average Bonchev–Trinajstić information content (AvgIpc) is 2.54. The van der Waals surface area contributed by atoms with E-state index in [-0.39, 0.29) is 11.9 Å². The van der Waals surface area contributed by atoms with Gasteiger partial charge in [-0.05, 0) is 50.4 Å². The van der Waals surface area contributed by atoms with Gasteiger partial charge in [0, 0.05) is 12.6 Å². The highest BCUT2D eigenvalue weighted by atomic mass is 16.5. The summed E-state index contributed by atoms with van der Waals surface area (Å²) in [6.45, 7) is 3.40. The van der Waals surface area contributed by atoms with E-state index >= 15 is 0 Å². The predicted molar refractivity (Wildman–Crippen MR) is 81.8 cm³/mol. The van der Waals surface area contributed by atoms with Crippen molar-refractivity contribution in [1.29, 1.82) is 0 Å². The standard InChI is InChI=1S/C16H24N2O3/c1-11-4-5-12(9-17)10-18(11)16(19)14-8-13(20-2)6-7-15(14)21-3/h6-8,11-12H,4-5,9-10,17H2,1-3H3. The van der Waals surface area contributed by atoms with Gasteiger partial charge in [-0.1, -0.05) is 0 Å². The number of carbonyl (C=O) groups excluding carboxylic acids is 1. The van der Waals surface area contributed by atoms with Crippen LogP contribution in [0.3, 0.4) is 0 Å². The molecule has 1 amide bonds. The lowest BCUT2D eigenvalue weighted by molar-refractivity contribution is 0.0563. The van der Waals surface area contributed by atoms with Crippen molar-refractivity contribution in [2.75, 3.05) is 27.3 Å². The van der Waals surface area contributed by atoms with Gasteiger partial charge < -0.3 is 20.1 Å². The number of hydrogen-bond acceptors (Lipinski definition) is 4. The Morgan fingerprint density at radius 1 is 1.33 bits per heavy atom. The maximum Gasteiger partial charge on any atom is 0.258 e. The molecule has 0 bridgehead atoms. The minimum atomic E-state index is -0.0172. The number of ether oxygens (including phenoxy) is 2. The van der Waals surface area contributed by atoms with Crippen molar-refractivity contribution in [3.8, 4) is 11.5 Å². The van der Waals surface area contributed by atoms with E-state index in [1.807, 2.05) is 4.90 Å². The van der Waals surface area contributed by atoms with Gasteiger partial charge in [0.2, 0.25) is 0 Å². The molecule has 0 radical (unpaired) electrons. The second-order valence-corrected chi connectivity index (χ2v) is 5.55. The van der Waals surface area contributed by atoms with Gasteiger partial charge in [-0.3, -0.25) is 4.79 Å². The van der Waals surface area contributed by atoms with Gasteiger partial charge in [-0.2, -0.15) is 0 Å². The van der Waals surface area contributed by atoms with Crippen molar-refractivity contribution in [3.05, 3.63) is 23.8 Å². The van der Waals surface area contributed by atoms with Crippen LogP contribution >= 0.6 is 0 Å². The third kappa shape index (κ3) is 3.29. The number of benzene rings is 1. The minimum absolute atomic E-state index is 0.0172. The smallest absolute Gasteiger partial charge is 0.258 e. The molecule has 0 aliphatic carbocycles. The first-order valence-electron chi connectivity index (χ1n) is 7.33. The van der Waals surface area contributed by atoms with Gasteiger partial charge in [0.15, 0.2) is 0 Å². The number of methoxy groups -OCH3 is 2. The van der Waals surface area contributed by atoms with E-state index < -0.39 is 0 Å². The number of likely N-dealkylation sites (tertiary alicyclic amines) is 1. The Morgan fingerprint density at radius 2 is 2.10 bits per heavy atom. The van der Waals surface area contributed by atoms with Crippen LogP contribution in [0.5, 0.6) is 11.5 Å². The van der Waals surface area contributed by atoms with Crippen LogP contribution in [0.1, 0.15) is 30.1 Å². The van der Waals surface area contributed by atoms with Crippen LogP contribution in [0.15, 0.2) is 18.2 Å². The zero-order valence-electron chi connectivity index (χ0n) is 13.0. The van der Waals surface area contributed by atoms with Crippen molar-refractivity contribution in [3.63, 3.8) is 0 Å². The quantitative estimate of drug-likeness (QED) is 0.920. The molecular formula is C16H24N2O3. The Labute approximate surface area is 126 Å². The first-order chi connectivity index (χ1) is 10.1. The fourth-order valence-electron chi connectivity index (χ4n) is 2.79. The molecular weight excluding hydrogens is 268 g/mol. The maximum atomic E-state index is 12.9. The molecule has 1 heterocycles. The van der Waals surface area contributed by atoms with Crippen molar-refractivity contribution in [2.45, 2.75) is 25.8 Å². The summed E-state index contributed by atoms with van der Waals surface area (Å²) in [5.41, 5.74) is 6.31. The number of carbonyl (C=O) groups is 1. The SMILES string of the molecule is COc1ccc(OC)c(C(=O)N2CC(CN)CCC2C)c1. The molecule has 2 unspecified atom stereocenters. The largest absolute Gasteiger partial charge is 0.497 e. The van der Waals surface area contributed by atoms with E-state index in [0.717, 1.165) is 12.8 Å². The van der Waals surface area contributed by atoms with Crippen LogP contribution in [0.4, 0.5) is 0 Å². The summed E-state index contributed by atoms with van der Waals surface area (Å²) in [7, 11) is 3.16. The Bertz CT molecular complexity index is 504. The summed E-state index contributed by atoms with van der Waals surface area (Å²) in [6.07, 6.45) is 2.07. The summed E-state index contributed by atoms with van der Waals surface area (Å²) in [4.78, 5) is 14.8. The van der Waals surface area contributed by atoms with E-state index in [1.165, 1.54) is 0 Å². The summed E-state index contributed by atoms with van der Waals surface area (Å²) >= 11 is 0. The third-order valence-electron chi connectivity index (χ3n) is 4.21. The normalized spacial score (nSPS) is 22.0. The molecule has 2 N–H and O–H groups in total. The van der Waals surface area contributed by atoms with Crippen LogP contribution in [-0.2, 0) is 0 Å². The number of nitrogens with two attached hydrogens (primary N) is 1. The van der Waals surface area contributed by atoms with E-state index in [1.54, 1.807) is 32.4 Å². The van der Waals surface area contributed by atoms with Crippen molar-refractivity contribution in [2.24, 2.45) is 11.7 Å². The summed E-state index contributed by atoms with van der Waals surface area (Å²) < 4.78 is 10.5. The van der Waals surface area contributed by atoms with Gasteiger partial charge >= 0.3 is 0 Å². The van der Waals surface area contributed by atoms with Gasteiger partial charge in [-0.15, -0.1) is 0 Å². The summed E-state index contributed by atoms with van der Waals surface area (Å²) in [6, 6.07) is 5.51. The van der Waals surface area contributed by atoms with Crippen LogP contribution in [0.25, 0.3) is 0 Å². The molecule has 1 aliphatic heterocycles. The van der Waals surface area contributed by atoms with E-state index in [2.05, 4.69) is 6.92 Å². The van der Waals surface area contributed by atoms with Crippen LogP contribution < -0.4 is 15.2 Å². The first-order valence-corrected chi connectivity index (χ1v) is 7.33. The molecule has 5 heteroatoms. The second-order valence-electron chi connectivity index (χ2n) is 5.55. The molecule has 1 aromatic rings. The predicted octanol–water partition coefficient (Wildman–Crippen LogP) is 1.90. The maximum absolute atomic E-state index is 12.9. The molecule has 1 aromatic carbocycles. The van der Waals surface area contributed by atoms with Gasteiger partial charge in [-0.25, -0.2) is 0 Å². The van der Waals surface area contributed by atoms with Crippen LogP contribution in [-0.4, -0.2) is 44.2 Å². The van der Waals surface area contributed by atoms with Crippen molar-refractivity contribution < 1.29 is 14.3 Å². The first kappa shape index (κ1) is 15.6. The molecule has 1 saturated heterocycles. The summed E-state index contributed by atoms with van der Waals surface area (Å²) in [5.74, 6) is 1.58. The van der Waals surface area contributed by atoms with Crippen molar-refractivity contribution >= 4 is 5.91 Å². The summed E-state index contributed by atoms with van der Waals surface area (Å²) in [5, 5.41) is 0.